The summed E-state index contributed by atoms with van der Waals surface area (Å²) < 4.78 is 79.6. The van der Waals surface area contributed by atoms with Crippen LogP contribution in [0.4, 0.5) is 43.8 Å². The Labute approximate surface area is 188 Å². The van der Waals surface area contributed by atoms with E-state index >= 15 is 0 Å². The van der Waals surface area contributed by atoms with E-state index in [4.69, 9.17) is 0 Å². The maximum Gasteiger partial charge on any atom is 0.416 e. The monoisotopic (exact) mass is 487 g/mol. The van der Waals surface area contributed by atoms with Crippen molar-refractivity contribution in [3.05, 3.63) is 51.9 Å². The topological polar surface area (TPSA) is 94.1 Å². The molecule has 1 fully saturated rings. The van der Waals surface area contributed by atoms with Crippen molar-refractivity contribution >= 4 is 28.4 Å². The van der Waals surface area contributed by atoms with Gasteiger partial charge in [0.2, 0.25) is 5.95 Å². The number of hydrogen-bond acceptors (Lipinski definition) is 6. The van der Waals surface area contributed by atoms with Crippen LogP contribution in [0.3, 0.4) is 0 Å². The Kier molecular flexibility index (Phi) is 6.14. The smallest absolute Gasteiger partial charge is 0.396 e. The number of nitrogens with one attached hydrogen (secondary N) is 2. The van der Waals surface area contributed by atoms with Gasteiger partial charge in [0.25, 0.3) is 5.56 Å². The molecular formula is C21H19F6N5O2. The first-order valence-electron chi connectivity index (χ1n) is 10.3. The molecule has 0 radical (unpaired) electrons. The first-order chi connectivity index (χ1) is 16.0. The lowest BCUT2D eigenvalue weighted by molar-refractivity contribution is -0.143. The van der Waals surface area contributed by atoms with Gasteiger partial charge in [0, 0.05) is 31.6 Å². The van der Waals surface area contributed by atoms with E-state index in [9.17, 15) is 36.2 Å². The van der Waals surface area contributed by atoms with Gasteiger partial charge >= 0.3 is 12.4 Å². The Bertz CT molecular complexity index is 1220. The summed E-state index contributed by atoms with van der Waals surface area (Å²) in [6.45, 7) is 1.01. The Morgan fingerprint density at radius 2 is 1.65 bits per heavy atom. The molecule has 2 aromatic heterocycles. The highest BCUT2D eigenvalue weighted by Gasteiger charge is 2.37. The number of aliphatic hydroxyl groups excluding tert-OH is 1. The van der Waals surface area contributed by atoms with Gasteiger partial charge in [-0.1, -0.05) is 0 Å². The fourth-order valence-electron chi connectivity index (χ4n) is 3.79. The third-order valence-electron chi connectivity index (χ3n) is 5.61. The number of piperidine rings is 1. The van der Waals surface area contributed by atoms with E-state index in [1.165, 1.54) is 12.3 Å². The molecule has 1 aromatic carbocycles. The highest BCUT2D eigenvalue weighted by Crippen LogP contribution is 2.38. The van der Waals surface area contributed by atoms with Gasteiger partial charge in [-0.25, -0.2) is 4.98 Å². The molecule has 1 aliphatic heterocycles. The minimum atomic E-state index is -5.02. The molecule has 0 atom stereocenters. The van der Waals surface area contributed by atoms with Gasteiger partial charge in [0.05, 0.1) is 16.6 Å². The van der Waals surface area contributed by atoms with E-state index in [1.807, 2.05) is 0 Å². The Morgan fingerprint density at radius 3 is 2.21 bits per heavy atom. The molecule has 1 aliphatic rings. The van der Waals surface area contributed by atoms with Crippen LogP contribution in [0.2, 0.25) is 0 Å². The molecule has 182 valence electrons. The van der Waals surface area contributed by atoms with Crippen molar-refractivity contribution in [3.63, 3.8) is 0 Å². The van der Waals surface area contributed by atoms with Gasteiger partial charge in [-0.15, -0.1) is 0 Å². The summed E-state index contributed by atoms with van der Waals surface area (Å²) in [5, 5.41) is 11.7. The van der Waals surface area contributed by atoms with E-state index in [1.54, 1.807) is 4.90 Å². The van der Waals surface area contributed by atoms with Crippen LogP contribution >= 0.6 is 0 Å². The molecule has 7 nitrogen and oxygen atoms in total. The zero-order valence-electron chi connectivity index (χ0n) is 17.5. The number of fused-ring (bicyclic) bond motifs is 1. The van der Waals surface area contributed by atoms with Crippen molar-refractivity contribution in [3.8, 4) is 0 Å². The van der Waals surface area contributed by atoms with Crippen molar-refractivity contribution < 1.29 is 31.4 Å². The fourth-order valence-corrected chi connectivity index (χ4v) is 3.79. The minimum Gasteiger partial charge on any atom is -0.396 e. The van der Waals surface area contributed by atoms with Crippen LogP contribution in [0.5, 0.6) is 0 Å². The molecule has 0 amide bonds. The van der Waals surface area contributed by atoms with E-state index in [0.717, 1.165) is 0 Å². The Balaban J connectivity index is 1.81. The van der Waals surface area contributed by atoms with Gasteiger partial charge in [-0.3, -0.25) is 4.79 Å². The van der Waals surface area contributed by atoms with Crippen LogP contribution in [-0.4, -0.2) is 39.8 Å². The first kappa shape index (κ1) is 23.8. The normalized spacial score (nSPS) is 15.7. The van der Waals surface area contributed by atoms with Gasteiger partial charge < -0.3 is 20.3 Å². The number of rotatable bonds is 4. The highest BCUT2D eigenvalue weighted by molar-refractivity contribution is 5.91. The standard InChI is InChI=1S/C21H19F6N5O2/c22-20(23,24)12-7-13(21(25,26)27)9-14(8-12)29-17-16-15(1-4-28-18(16)34)30-19(31-17)32-5-2-11(10-33)3-6-32/h1,4,7-9,11,33H,2-3,5-6,10H2,(H,28,34)(H,29,30,31). The number of anilines is 3. The molecule has 4 rings (SSSR count). The van der Waals surface area contributed by atoms with Crippen LogP contribution in [-0.2, 0) is 12.4 Å². The van der Waals surface area contributed by atoms with Crippen LogP contribution in [0.25, 0.3) is 10.9 Å². The number of pyridine rings is 1. The number of alkyl halides is 6. The molecule has 0 aliphatic carbocycles. The maximum absolute atomic E-state index is 13.3. The zero-order chi connectivity index (χ0) is 24.7. The quantitative estimate of drug-likeness (QED) is 0.475. The summed E-state index contributed by atoms with van der Waals surface area (Å²) in [5.74, 6) is 0.0571. The maximum atomic E-state index is 13.3. The van der Waals surface area contributed by atoms with Crippen molar-refractivity contribution in [1.29, 1.82) is 0 Å². The molecule has 0 bridgehead atoms. The highest BCUT2D eigenvalue weighted by atomic mass is 19.4. The molecule has 0 saturated carbocycles. The lowest BCUT2D eigenvalue weighted by atomic mass is 9.98. The second kappa shape index (κ2) is 8.78. The lowest BCUT2D eigenvalue weighted by Crippen LogP contribution is -2.36. The van der Waals surface area contributed by atoms with E-state index in [-0.39, 0.29) is 41.3 Å². The molecule has 3 aromatic rings. The average Bonchev–Trinajstić information content (AvgIpc) is 2.77. The van der Waals surface area contributed by atoms with E-state index in [0.29, 0.717) is 38.1 Å². The molecule has 3 N–H and O–H groups in total. The number of benzene rings is 1. The summed E-state index contributed by atoms with van der Waals surface area (Å²) in [4.78, 5) is 25.3. The van der Waals surface area contributed by atoms with Gasteiger partial charge in [-0.2, -0.15) is 31.3 Å². The number of nitrogens with zero attached hydrogens (tertiary/aromatic N) is 3. The minimum absolute atomic E-state index is 0.0206. The zero-order valence-corrected chi connectivity index (χ0v) is 17.5. The SMILES string of the molecule is O=c1[nH]ccc2nc(N3CCC(CO)CC3)nc(Nc3cc(C(F)(F)F)cc(C(F)(F)F)c3)c12. The number of aromatic nitrogens is 3. The second-order valence-corrected chi connectivity index (χ2v) is 7.97. The largest absolute Gasteiger partial charge is 0.416 e. The molecular weight excluding hydrogens is 468 g/mol. The van der Waals surface area contributed by atoms with Crippen molar-refractivity contribution in [1.82, 2.24) is 15.0 Å². The van der Waals surface area contributed by atoms with Crippen LogP contribution < -0.4 is 15.8 Å². The molecule has 13 heteroatoms. The summed E-state index contributed by atoms with van der Waals surface area (Å²) >= 11 is 0. The average molecular weight is 487 g/mol. The molecule has 34 heavy (non-hydrogen) atoms. The summed E-state index contributed by atoms with van der Waals surface area (Å²) in [5.41, 5.74) is -4.01. The predicted molar refractivity (Wildman–Crippen MR) is 112 cm³/mol. The van der Waals surface area contributed by atoms with E-state index in [2.05, 4.69) is 20.3 Å². The molecule has 3 heterocycles. The van der Waals surface area contributed by atoms with Crippen LogP contribution in [0.1, 0.15) is 24.0 Å². The van der Waals surface area contributed by atoms with Crippen molar-refractivity contribution in [2.75, 3.05) is 29.9 Å². The first-order valence-corrected chi connectivity index (χ1v) is 10.3. The van der Waals surface area contributed by atoms with Crippen molar-refractivity contribution in [2.45, 2.75) is 25.2 Å². The number of aromatic amines is 1. The van der Waals surface area contributed by atoms with E-state index < -0.39 is 34.7 Å². The fraction of sp³-hybridized carbons (Fsp3) is 0.381. The summed E-state index contributed by atoms with van der Waals surface area (Å²) in [7, 11) is 0. The molecule has 1 saturated heterocycles. The Hall–Kier alpha value is -3.35. The third kappa shape index (κ3) is 4.93. The van der Waals surface area contributed by atoms with Crippen molar-refractivity contribution in [2.24, 2.45) is 5.92 Å². The summed E-state index contributed by atoms with van der Waals surface area (Å²) in [6.07, 6.45) is -7.41. The number of hydrogen-bond donors (Lipinski definition) is 3. The number of halogens is 6. The number of H-pyrrole nitrogens is 1. The third-order valence-corrected chi connectivity index (χ3v) is 5.61. The lowest BCUT2D eigenvalue weighted by Gasteiger charge is -2.31. The van der Waals surface area contributed by atoms with Crippen LogP contribution in [0.15, 0.2) is 35.3 Å². The molecule has 0 spiro atoms. The number of aliphatic hydroxyl groups is 1. The van der Waals surface area contributed by atoms with Gasteiger partial charge in [0.15, 0.2) is 0 Å². The second-order valence-electron chi connectivity index (χ2n) is 7.97. The predicted octanol–water partition coefficient (Wildman–Crippen LogP) is 4.31. The summed E-state index contributed by atoms with van der Waals surface area (Å²) in [6, 6.07) is 2.52. The van der Waals surface area contributed by atoms with Crippen LogP contribution in [0, 0.1) is 5.92 Å². The van der Waals surface area contributed by atoms with Gasteiger partial charge in [-0.05, 0) is 43.0 Å². The molecule has 0 unspecified atom stereocenters. The van der Waals surface area contributed by atoms with Gasteiger partial charge in [0.1, 0.15) is 11.2 Å². The Morgan fingerprint density at radius 1 is 1.03 bits per heavy atom.